The summed E-state index contributed by atoms with van der Waals surface area (Å²) in [4.78, 5) is 16.5. The van der Waals surface area contributed by atoms with Crippen molar-refractivity contribution >= 4 is 11.9 Å². The van der Waals surface area contributed by atoms with Crippen molar-refractivity contribution in [2.75, 3.05) is 20.1 Å². The Kier molecular flexibility index (Phi) is 7.86. The lowest BCUT2D eigenvalue weighted by Crippen LogP contribution is -2.46. The van der Waals surface area contributed by atoms with Gasteiger partial charge in [0, 0.05) is 19.6 Å². The van der Waals surface area contributed by atoms with E-state index >= 15 is 0 Å². The molecule has 1 rings (SSSR count). The maximum atomic E-state index is 11.9. The second-order valence-electron chi connectivity index (χ2n) is 7.66. The van der Waals surface area contributed by atoms with Gasteiger partial charge in [-0.1, -0.05) is 13.8 Å². The number of guanidine groups is 1. The van der Waals surface area contributed by atoms with Crippen LogP contribution in [-0.2, 0) is 4.79 Å². The number of amides is 1. The average Bonchev–Trinajstić information content (AvgIpc) is 2.52. The molecule has 5 nitrogen and oxygen atoms in total. The molecule has 3 N–H and O–H groups in total. The van der Waals surface area contributed by atoms with Gasteiger partial charge in [-0.15, -0.1) is 0 Å². The van der Waals surface area contributed by atoms with Gasteiger partial charge < -0.3 is 16.0 Å². The van der Waals surface area contributed by atoms with Crippen molar-refractivity contribution in [2.24, 2.45) is 22.2 Å². The summed E-state index contributed by atoms with van der Waals surface area (Å²) < 4.78 is 0. The fourth-order valence-electron chi connectivity index (χ4n) is 3.13. The van der Waals surface area contributed by atoms with Crippen molar-refractivity contribution in [1.29, 1.82) is 0 Å². The van der Waals surface area contributed by atoms with E-state index < -0.39 is 5.41 Å². The Morgan fingerprint density at radius 2 is 1.83 bits per heavy atom. The third kappa shape index (κ3) is 6.40. The molecule has 1 saturated carbocycles. The Balaban J connectivity index is 2.58. The highest BCUT2D eigenvalue weighted by Crippen LogP contribution is 2.29. The first-order valence-corrected chi connectivity index (χ1v) is 9.07. The zero-order valence-electron chi connectivity index (χ0n) is 15.8. The van der Waals surface area contributed by atoms with Crippen LogP contribution in [0, 0.1) is 17.3 Å². The molecule has 0 unspecified atom stereocenters. The van der Waals surface area contributed by atoms with E-state index in [2.05, 4.69) is 41.7 Å². The van der Waals surface area contributed by atoms with Gasteiger partial charge in [0.25, 0.3) is 0 Å². The van der Waals surface area contributed by atoms with Crippen LogP contribution in [0.5, 0.6) is 0 Å². The number of carbonyl (C=O) groups excluding carboxylic acids is 1. The molecule has 1 aliphatic carbocycles. The molecule has 0 bridgehead atoms. The number of hydrogen-bond acceptors (Lipinski definition) is 2. The summed E-state index contributed by atoms with van der Waals surface area (Å²) in [6.07, 6.45) is 4.98. The van der Waals surface area contributed by atoms with Crippen LogP contribution in [0.2, 0.25) is 0 Å². The lowest BCUT2D eigenvalue weighted by Gasteiger charge is -2.32. The monoisotopic (exact) mass is 324 g/mol. The summed E-state index contributed by atoms with van der Waals surface area (Å²) in [7, 11) is 1.67. The predicted octanol–water partition coefficient (Wildman–Crippen LogP) is 2.53. The van der Waals surface area contributed by atoms with Gasteiger partial charge in [0.1, 0.15) is 0 Å². The average molecular weight is 325 g/mol. The summed E-state index contributed by atoms with van der Waals surface area (Å²) >= 11 is 0. The summed E-state index contributed by atoms with van der Waals surface area (Å²) in [5.41, 5.74) is -0.494. The van der Waals surface area contributed by atoms with Crippen LogP contribution in [0.3, 0.4) is 0 Å². The van der Waals surface area contributed by atoms with Crippen molar-refractivity contribution in [3.8, 4) is 0 Å². The molecule has 5 heteroatoms. The van der Waals surface area contributed by atoms with Crippen LogP contribution < -0.4 is 16.0 Å². The van der Waals surface area contributed by atoms with Crippen LogP contribution >= 0.6 is 0 Å². The normalized spacial score (nSPS) is 22.8. The molecule has 0 aromatic heterocycles. The smallest absolute Gasteiger partial charge is 0.227 e. The standard InChI is InChI=1S/C18H36N4O/c1-7-20-17(21-12-18(4,5)16(23)19-6)22-15-10-8-14(9-11-15)13(2)3/h13-15H,7-12H2,1-6H3,(H,19,23)(H2,20,21,22). The zero-order valence-corrected chi connectivity index (χ0v) is 15.8. The number of nitrogens with one attached hydrogen (secondary N) is 3. The number of rotatable bonds is 6. The third-order valence-corrected chi connectivity index (χ3v) is 4.87. The highest BCUT2D eigenvalue weighted by molar-refractivity contribution is 5.83. The van der Waals surface area contributed by atoms with Crippen LogP contribution in [0.25, 0.3) is 0 Å². The zero-order chi connectivity index (χ0) is 17.5. The molecule has 1 aliphatic rings. The molecule has 0 saturated heterocycles. The second kappa shape index (κ2) is 9.14. The Labute approximate surface area is 142 Å². The van der Waals surface area contributed by atoms with E-state index in [4.69, 9.17) is 0 Å². The molecule has 0 atom stereocenters. The maximum Gasteiger partial charge on any atom is 0.227 e. The number of aliphatic imine (C=N–C) groups is 1. The van der Waals surface area contributed by atoms with Crippen molar-refractivity contribution < 1.29 is 4.79 Å². The van der Waals surface area contributed by atoms with Gasteiger partial charge in [-0.25, -0.2) is 0 Å². The van der Waals surface area contributed by atoms with Gasteiger partial charge in [-0.2, -0.15) is 0 Å². The quantitative estimate of drug-likeness (QED) is 0.519. The highest BCUT2D eigenvalue weighted by atomic mass is 16.2. The Hall–Kier alpha value is -1.26. The molecule has 0 aromatic rings. The lowest BCUT2D eigenvalue weighted by molar-refractivity contribution is -0.128. The first-order chi connectivity index (χ1) is 10.8. The SMILES string of the molecule is CCNC(=NCC(C)(C)C(=O)NC)NC1CCC(C(C)C)CC1. The fraction of sp³-hybridized carbons (Fsp3) is 0.889. The fourth-order valence-corrected chi connectivity index (χ4v) is 3.13. The number of hydrogen-bond donors (Lipinski definition) is 3. The van der Waals surface area contributed by atoms with Crippen LogP contribution in [0.15, 0.2) is 4.99 Å². The molecular formula is C18H36N4O. The minimum Gasteiger partial charge on any atom is -0.359 e. The van der Waals surface area contributed by atoms with Gasteiger partial charge >= 0.3 is 0 Å². The maximum absolute atomic E-state index is 11.9. The molecule has 0 radical (unpaired) electrons. The Bertz CT molecular complexity index is 396. The number of nitrogens with zero attached hydrogens (tertiary/aromatic N) is 1. The summed E-state index contributed by atoms with van der Waals surface area (Å²) in [6, 6.07) is 0.492. The van der Waals surface area contributed by atoms with Gasteiger partial charge in [0.05, 0.1) is 12.0 Å². The Morgan fingerprint density at radius 3 is 2.30 bits per heavy atom. The van der Waals surface area contributed by atoms with E-state index in [1.54, 1.807) is 7.05 Å². The molecular weight excluding hydrogens is 288 g/mol. The van der Waals surface area contributed by atoms with Crippen LogP contribution in [0.4, 0.5) is 0 Å². The van der Waals surface area contributed by atoms with E-state index in [0.29, 0.717) is 12.6 Å². The highest BCUT2D eigenvalue weighted by Gasteiger charge is 2.27. The molecule has 0 aliphatic heterocycles. The van der Waals surface area contributed by atoms with Crippen molar-refractivity contribution in [1.82, 2.24) is 16.0 Å². The van der Waals surface area contributed by atoms with E-state index in [1.165, 1.54) is 25.7 Å². The topological polar surface area (TPSA) is 65.5 Å². The van der Waals surface area contributed by atoms with Crippen LogP contribution in [-0.4, -0.2) is 38.0 Å². The van der Waals surface area contributed by atoms with Crippen molar-refractivity contribution in [3.63, 3.8) is 0 Å². The van der Waals surface area contributed by atoms with E-state index in [9.17, 15) is 4.79 Å². The molecule has 23 heavy (non-hydrogen) atoms. The van der Waals surface area contributed by atoms with Crippen molar-refractivity contribution in [2.45, 2.75) is 66.3 Å². The third-order valence-electron chi connectivity index (χ3n) is 4.87. The summed E-state index contributed by atoms with van der Waals surface area (Å²) in [5.74, 6) is 2.50. The van der Waals surface area contributed by atoms with Gasteiger partial charge in [-0.05, 0) is 58.3 Å². The largest absolute Gasteiger partial charge is 0.359 e. The molecule has 0 spiro atoms. The predicted molar refractivity (Wildman–Crippen MR) is 97.5 cm³/mol. The summed E-state index contributed by atoms with van der Waals surface area (Å²) in [5, 5.41) is 9.56. The first kappa shape index (κ1) is 19.8. The molecule has 0 aromatic carbocycles. The van der Waals surface area contributed by atoms with E-state index in [1.807, 2.05) is 13.8 Å². The molecule has 1 fully saturated rings. The molecule has 1 amide bonds. The first-order valence-electron chi connectivity index (χ1n) is 9.07. The van der Waals surface area contributed by atoms with Crippen molar-refractivity contribution in [3.05, 3.63) is 0 Å². The number of carbonyl (C=O) groups is 1. The van der Waals surface area contributed by atoms with Gasteiger partial charge in [0.15, 0.2) is 5.96 Å². The Morgan fingerprint density at radius 1 is 1.22 bits per heavy atom. The minimum atomic E-state index is -0.494. The van der Waals surface area contributed by atoms with E-state index in [-0.39, 0.29) is 5.91 Å². The molecule has 134 valence electrons. The summed E-state index contributed by atoms with van der Waals surface area (Å²) in [6.45, 7) is 11.9. The van der Waals surface area contributed by atoms with E-state index in [0.717, 1.165) is 24.3 Å². The van der Waals surface area contributed by atoms with Gasteiger partial charge in [-0.3, -0.25) is 9.79 Å². The lowest BCUT2D eigenvalue weighted by atomic mass is 9.80. The second-order valence-corrected chi connectivity index (χ2v) is 7.66. The molecule has 0 heterocycles. The van der Waals surface area contributed by atoms with Crippen LogP contribution in [0.1, 0.15) is 60.3 Å². The minimum absolute atomic E-state index is 0.0227. The van der Waals surface area contributed by atoms with Gasteiger partial charge in [0.2, 0.25) is 5.91 Å².